The lowest BCUT2D eigenvalue weighted by Crippen LogP contribution is -2.29. The average molecular weight is 201 g/mol. The zero-order valence-corrected chi connectivity index (χ0v) is 7.38. The van der Waals surface area contributed by atoms with Crippen LogP contribution in [0.3, 0.4) is 0 Å². The Morgan fingerprint density at radius 2 is 2.15 bits per heavy atom. The minimum atomic E-state index is -1.63. The molecule has 0 aromatic heterocycles. The summed E-state index contributed by atoms with van der Waals surface area (Å²) < 4.78 is 21.0. The van der Waals surface area contributed by atoms with Crippen molar-refractivity contribution in [2.24, 2.45) is 17.0 Å². The van der Waals surface area contributed by atoms with Crippen LogP contribution in [0, 0.1) is 11.8 Å². The van der Waals surface area contributed by atoms with Crippen molar-refractivity contribution in [1.82, 2.24) is 0 Å². The maximum atomic E-state index is 10.9. The van der Waals surface area contributed by atoms with Crippen LogP contribution in [0.5, 0.6) is 0 Å². The summed E-state index contributed by atoms with van der Waals surface area (Å²) in [5.74, 6) is 0.787. The summed E-state index contributed by atoms with van der Waals surface area (Å²) in [6.07, 6.45) is 0.618. The highest BCUT2D eigenvalue weighted by molar-refractivity contribution is 7.75. The number of nitrogens with zero attached hydrogens (tertiary/aromatic N) is 3. The van der Waals surface area contributed by atoms with Gasteiger partial charge in [-0.2, -0.15) is 4.21 Å². The summed E-state index contributed by atoms with van der Waals surface area (Å²) in [5.41, 5.74) is 8.33. The smallest absolute Gasteiger partial charge is 0.262 e. The third-order valence-corrected chi connectivity index (χ3v) is 3.74. The summed E-state index contributed by atoms with van der Waals surface area (Å²) >= 11 is -1.63. The highest BCUT2D eigenvalue weighted by Gasteiger charge is 2.64. The predicted molar refractivity (Wildman–Crippen MR) is 42.4 cm³/mol. The van der Waals surface area contributed by atoms with Crippen LogP contribution in [0.2, 0.25) is 0 Å². The van der Waals surface area contributed by atoms with Gasteiger partial charge in [0.1, 0.15) is 12.2 Å². The Morgan fingerprint density at radius 3 is 2.92 bits per heavy atom. The fraction of sp³-hybridized carbons (Fsp3) is 1.00. The quantitative estimate of drug-likeness (QED) is 0.355. The number of hydrogen-bond acceptors (Lipinski definition) is 4. The van der Waals surface area contributed by atoms with Gasteiger partial charge in [0.05, 0.1) is 6.04 Å². The first-order chi connectivity index (χ1) is 6.31. The second-order valence-corrected chi connectivity index (χ2v) is 4.38. The van der Waals surface area contributed by atoms with E-state index in [4.69, 9.17) is 13.9 Å². The maximum Gasteiger partial charge on any atom is 0.305 e. The van der Waals surface area contributed by atoms with E-state index in [0.29, 0.717) is 11.8 Å². The molecule has 0 aromatic rings. The van der Waals surface area contributed by atoms with E-state index < -0.39 is 11.4 Å². The Labute approximate surface area is 76.7 Å². The van der Waals surface area contributed by atoms with Gasteiger partial charge in [-0.15, -0.1) is 0 Å². The summed E-state index contributed by atoms with van der Waals surface area (Å²) in [5, 5.41) is 3.66. The molecule has 3 aliphatic rings. The monoisotopic (exact) mass is 201 g/mol. The van der Waals surface area contributed by atoms with E-state index in [1.54, 1.807) is 0 Å². The highest BCUT2D eigenvalue weighted by atomic mass is 32.2. The van der Waals surface area contributed by atoms with Gasteiger partial charge < -0.3 is 0 Å². The van der Waals surface area contributed by atoms with Crippen molar-refractivity contribution in [3.8, 4) is 0 Å². The first-order valence-corrected chi connectivity index (χ1v) is 5.11. The van der Waals surface area contributed by atoms with Crippen molar-refractivity contribution in [2.75, 3.05) is 0 Å². The molecule has 1 heterocycles. The molecular weight excluding hydrogens is 194 g/mol. The molecule has 0 aromatic carbocycles. The third kappa shape index (κ3) is 0.955. The van der Waals surface area contributed by atoms with Crippen molar-refractivity contribution >= 4 is 11.4 Å². The summed E-state index contributed by atoms with van der Waals surface area (Å²) in [6, 6.07) is -0.175. The second-order valence-electron chi connectivity index (χ2n) is 3.58. The highest BCUT2D eigenvalue weighted by Crippen LogP contribution is 2.57. The topological polar surface area (TPSA) is 84.3 Å². The van der Waals surface area contributed by atoms with Crippen LogP contribution in [-0.4, -0.2) is 22.5 Å². The first kappa shape index (κ1) is 7.75. The molecule has 70 valence electrons. The molecule has 13 heavy (non-hydrogen) atoms. The van der Waals surface area contributed by atoms with Crippen molar-refractivity contribution < 1.29 is 12.6 Å². The molecule has 0 spiro atoms. The van der Waals surface area contributed by atoms with E-state index >= 15 is 0 Å². The normalized spacial score (nSPS) is 56.6. The Balaban J connectivity index is 1.90. The molecule has 0 amide bonds. The van der Waals surface area contributed by atoms with Crippen molar-refractivity contribution in [1.29, 1.82) is 0 Å². The van der Waals surface area contributed by atoms with E-state index in [1.807, 2.05) is 0 Å². The number of azide groups is 1. The van der Waals surface area contributed by atoms with Gasteiger partial charge in [-0.3, -0.25) is 8.37 Å². The van der Waals surface area contributed by atoms with Gasteiger partial charge in [0.25, 0.3) is 0 Å². The Kier molecular flexibility index (Phi) is 1.46. The molecule has 3 fully saturated rings. The Bertz CT molecular complexity index is 329. The van der Waals surface area contributed by atoms with Crippen molar-refractivity contribution in [2.45, 2.75) is 24.7 Å². The summed E-state index contributed by atoms with van der Waals surface area (Å²) in [4.78, 5) is 2.77. The van der Waals surface area contributed by atoms with Crippen LogP contribution < -0.4 is 0 Å². The van der Waals surface area contributed by atoms with Gasteiger partial charge in [-0.25, -0.2) is 0 Å². The predicted octanol–water partition coefficient (Wildman–Crippen LogP) is 0.678. The van der Waals surface area contributed by atoms with Gasteiger partial charge in [0.2, 0.25) is 0 Å². The van der Waals surface area contributed by atoms with Gasteiger partial charge >= 0.3 is 11.4 Å². The van der Waals surface area contributed by atoms with E-state index in [9.17, 15) is 4.21 Å². The van der Waals surface area contributed by atoms with Gasteiger partial charge in [-0.1, -0.05) is 5.11 Å². The molecule has 6 atom stereocenters. The lowest BCUT2D eigenvalue weighted by atomic mass is 10.1. The minimum Gasteiger partial charge on any atom is -0.262 e. The lowest BCUT2D eigenvalue weighted by molar-refractivity contribution is 0.148. The lowest BCUT2D eigenvalue weighted by Gasteiger charge is -2.12. The van der Waals surface area contributed by atoms with Crippen molar-refractivity contribution in [3.63, 3.8) is 0 Å². The summed E-state index contributed by atoms with van der Waals surface area (Å²) in [6.45, 7) is 0. The van der Waals surface area contributed by atoms with Crippen LogP contribution in [0.1, 0.15) is 6.42 Å². The zero-order valence-electron chi connectivity index (χ0n) is 6.57. The molecule has 0 radical (unpaired) electrons. The number of rotatable bonds is 1. The van der Waals surface area contributed by atoms with Crippen LogP contribution in [-0.2, 0) is 19.7 Å². The molecule has 1 aliphatic heterocycles. The Morgan fingerprint density at radius 1 is 1.38 bits per heavy atom. The SMILES string of the molecule is [N-]=[N+]=N[C@@H]1[C@H]2C[C@H]2[C@@H]2OS(=O)O[C@H]12. The van der Waals surface area contributed by atoms with E-state index in [2.05, 4.69) is 10.0 Å². The summed E-state index contributed by atoms with van der Waals surface area (Å²) in [7, 11) is 0. The average Bonchev–Trinajstić information content (AvgIpc) is 2.71. The molecule has 1 unspecified atom stereocenters. The second kappa shape index (κ2) is 2.45. The number of hydrogen-bond donors (Lipinski definition) is 0. The van der Waals surface area contributed by atoms with Crippen LogP contribution in [0.25, 0.3) is 10.4 Å². The Hall–Kier alpha value is -0.620. The van der Waals surface area contributed by atoms with E-state index in [1.165, 1.54) is 0 Å². The minimum absolute atomic E-state index is 0.110. The molecule has 2 aliphatic carbocycles. The molecule has 2 saturated carbocycles. The fourth-order valence-electron chi connectivity index (χ4n) is 2.34. The van der Waals surface area contributed by atoms with Crippen LogP contribution in [0.15, 0.2) is 5.11 Å². The fourth-order valence-corrected chi connectivity index (χ4v) is 3.22. The molecule has 7 heteroatoms. The van der Waals surface area contributed by atoms with Crippen molar-refractivity contribution in [3.05, 3.63) is 10.4 Å². The van der Waals surface area contributed by atoms with Crippen LogP contribution >= 0.6 is 0 Å². The molecule has 6 nitrogen and oxygen atoms in total. The molecular formula is C6H7N3O3S. The largest absolute Gasteiger partial charge is 0.305 e. The first-order valence-electron chi connectivity index (χ1n) is 4.11. The van der Waals surface area contributed by atoms with Gasteiger partial charge in [0.15, 0.2) is 0 Å². The standard InChI is InChI=1S/C6H7N3O3S/c7-9-8-4-2-1-3(2)5-6(4)12-13(10)11-5/h2-6H,1H2/t2-,3+,4+,5-,6+,13?/m0/s1. The van der Waals surface area contributed by atoms with Gasteiger partial charge in [-0.05, 0) is 23.8 Å². The van der Waals surface area contributed by atoms with E-state index in [-0.39, 0.29) is 18.2 Å². The zero-order chi connectivity index (χ0) is 9.00. The van der Waals surface area contributed by atoms with Gasteiger partial charge in [0, 0.05) is 4.91 Å². The molecule has 1 saturated heterocycles. The number of fused-ring (bicyclic) bond motifs is 3. The third-order valence-electron chi connectivity index (χ3n) is 2.98. The van der Waals surface area contributed by atoms with E-state index in [0.717, 1.165) is 6.42 Å². The molecule has 3 rings (SSSR count). The van der Waals surface area contributed by atoms with Crippen LogP contribution in [0.4, 0.5) is 0 Å². The molecule has 0 bridgehead atoms. The molecule has 0 N–H and O–H groups in total. The maximum absolute atomic E-state index is 10.9.